The first-order valence-electron chi connectivity index (χ1n) is 12.8. The molecule has 2 aliphatic heterocycles. The topological polar surface area (TPSA) is 285 Å². The Morgan fingerprint density at radius 3 is 2.58 bits per heavy atom. The fraction of sp³-hybridized carbons (Fsp3) is 0.524. The zero-order valence-corrected chi connectivity index (χ0v) is 23.7. The van der Waals surface area contributed by atoms with Crippen molar-refractivity contribution < 1.29 is 47.7 Å². The van der Waals surface area contributed by atoms with Gasteiger partial charge < -0.3 is 39.8 Å². The van der Waals surface area contributed by atoms with Gasteiger partial charge in [0.1, 0.15) is 23.6 Å². The number of nitrogens with two attached hydrogens (primary N) is 1. The zero-order chi connectivity index (χ0) is 30.5. The van der Waals surface area contributed by atoms with Crippen molar-refractivity contribution in [2.75, 3.05) is 18.9 Å². The molecule has 6 heterocycles. The summed E-state index contributed by atoms with van der Waals surface area (Å²) in [5, 5.41) is 20.7. The number of fused-ring (bicyclic) bond motifs is 2. The first kappa shape index (κ1) is 29.8. The SMILES string of the molecule is Nc1ncnc2c1ncn2[C@@H]1O[C@H](CCOP(=O)(O)[C@@H]2C[C@@H](CO)O[C@H]2n2cnc3c(=O)[nH]cnc32)[C@@H](O[P+](=O)O)[C@H]1O. The van der Waals surface area contributed by atoms with E-state index >= 15 is 0 Å². The van der Waals surface area contributed by atoms with Crippen LogP contribution >= 0.6 is 15.9 Å². The minimum Gasteiger partial charge on any atom is -0.394 e. The summed E-state index contributed by atoms with van der Waals surface area (Å²) < 4.78 is 50.0. The van der Waals surface area contributed by atoms with E-state index in [2.05, 4.69) is 29.9 Å². The number of hydrogen-bond acceptors (Lipinski definition) is 15. The van der Waals surface area contributed by atoms with E-state index in [1.807, 2.05) is 0 Å². The fourth-order valence-electron chi connectivity index (χ4n) is 5.31. The van der Waals surface area contributed by atoms with Crippen molar-refractivity contribution in [2.24, 2.45) is 0 Å². The van der Waals surface area contributed by atoms with Crippen LogP contribution in [0.1, 0.15) is 25.3 Å². The van der Waals surface area contributed by atoms with Gasteiger partial charge in [-0.2, -0.15) is 0 Å². The molecule has 20 nitrogen and oxygen atoms in total. The second kappa shape index (κ2) is 11.7. The lowest BCUT2D eigenvalue weighted by Crippen LogP contribution is -2.33. The first-order chi connectivity index (χ1) is 20.6. The number of nitrogens with one attached hydrogen (secondary N) is 1. The van der Waals surface area contributed by atoms with Crippen LogP contribution in [0.3, 0.4) is 0 Å². The number of aromatic amines is 1. The summed E-state index contributed by atoms with van der Waals surface area (Å²) in [6.45, 7) is -0.851. The molecule has 2 aliphatic rings. The summed E-state index contributed by atoms with van der Waals surface area (Å²) in [6.07, 6.45) is -2.33. The maximum absolute atomic E-state index is 13.5. The van der Waals surface area contributed by atoms with Gasteiger partial charge in [-0.05, 0) is 6.42 Å². The van der Waals surface area contributed by atoms with Gasteiger partial charge >= 0.3 is 15.9 Å². The molecule has 2 saturated heterocycles. The van der Waals surface area contributed by atoms with Crippen LogP contribution in [0.15, 0.2) is 30.1 Å². The molecule has 22 heteroatoms. The molecule has 43 heavy (non-hydrogen) atoms. The molecule has 6 rings (SSSR count). The standard InChI is InChI=1S/C21H25N9O11P2/c22-16-12-17(24-5-23-16)30(7-27-12)21-14(32)15(41-42(34)35)10(40-21)1-2-38-43(36,37)11-3-9(4-31)39-20(11)29-8-28-13-18(29)25-6-26-19(13)33/h5-11,14-15,20-21,31-32H,1-4H2,(H4-,22,23,24,25,26,33,34,35,36,37)/p+1/t9-,10+,11+,14+,15+,20+,21+/m0/s1. The predicted molar refractivity (Wildman–Crippen MR) is 142 cm³/mol. The van der Waals surface area contributed by atoms with Crippen LogP contribution in [0.5, 0.6) is 0 Å². The number of aliphatic hydroxyl groups is 2. The van der Waals surface area contributed by atoms with Crippen molar-refractivity contribution in [2.45, 2.75) is 55.4 Å². The molecule has 0 radical (unpaired) electrons. The predicted octanol–water partition coefficient (Wildman–Crippen LogP) is -0.925. The van der Waals surface area contributed by atoms with E-state index < -0.39 is 77.2 Å². The number of nitrogen functional groups attached to an aromatic ring is 1. The van der Waals surface area contributed by atoms with Crippen LogP contribution in [0.25, 0.3) is 22.3 Å². The lowest BCUT2D eigenvalue weighted by atomic mass is 10.1. The molecule has 230 valence electrons. The van der Waals surface area contributed by atoms with Crippen molar-refractivity contribution in [3.8, 4) is 0 Å². The smallest absolute Gasteiger partial charge is 0.394 e. The number of H-pyrrole nitrogens is 1. The molecule has 4 aromatic heterocycles. The van der Waals surface area contributed by atoms with Gasteiger partial charge in [0, 0.05) is 11.0 Å². The third-order valence-corrected chi connectivity index (χ3v) is 9.57. The summed E-state index contributed by atoms with van der Waals surface area (Å²) in [5.41, 5.74) is 4.71. The molecular weight excluding hydrogens is 616 g/mol. The van der Waals surface area contributed by atoms with E-state index in [-0.39, 0.29) is 41.0 Å². The van der Waals surface area contributed by atoms with Gasteiger partial charge in [-0.25, -0.2) is 24.9 Å². The third kappa shape index (κ3) is 5.46. The Morgan fingerprint density at radius 1 is 1.12 bits per heavy atom. The maximum atomic E-state index is 13.5. The molecule has 0 aliphatic carbocycles. The average molecular weight is 642 g/mol. The van der Waals surface area contributed by atoms with Crippen LogP contribution < -0.4 is 11.3 Å². The van der Waals surface area contributed by atoms with Gasteiger partial charge in [0.2, 0.25) is 0 Å². The highest BCUT2D eigenvalue weighted by atomic mass is 31.2. The number of nitrogens with zero attached hydrogens (tertiary/aromatic N) is 7. The van der Waals surface area contributed by atoms with E-state index in [0.29, 0.717) is 0 Å². The van der Waals surface area contributed by atoms with Gasteiger partial charge in [0.05, 0.1) is 44.4 Å². The van der Waals surface area contributed by atoms with Crippen molar-refractivity contribution in [1.29, 1.82) is 0 Å². The normalized spacial score (nSPS) is 29.4. The van der Waals surface area contributed by atoms with Crippen LogP contribution in [-0.2, 0) is 27.7 Å². The molecule has 7 N–H and O–H groups in total. The van der Waals surface area contributed by atoms with Gasteiger partial charge in [-0.3, -0.25) is 18.5 Å². The highest BCUT2D eigenvalue weighted by Gasteiger charge is 2.51. The Balaban J connectivity index is 1.19. The number of aromatic nitrogens is 8. The Kier molecular flexibility index (Phi) is 8.07. The van der Waals surface area contributed by atoms with Crippen molar-refractivity contribution in [3.05, 3.63) is 35.7 Å². The molecule has 9 atom stereocenters. The lowest BCUT2D eigenvalue weighted by Gasteiger charge is -2.24. The highest BCUT2D eigenvalue weighted by Crippen LogP contribution is 2.57. The van der Waals surface area contributed by atoms with E-state index in [0.717, 1.165) is 6.33 Å². The maximum Gasteiger partial charge on any atom is 0.695 e. The van der Waals surface area contributed by atoms with Gasteiger partial charge in [0.25, 0.3) is 5.56 Å². The van der Waals surface area contributed by atoms with E-state index in [4.69, 9.17) is 24.3 Å². The van der Waals surface area contributed by atoms with Gasteiger partial charge in [-0.1, -0.05) is 0 Å². The van der Waals surface area contributed by atoms with Crippen LogP contribution in [-0.4, -0.2) is 102 Å². The second-order valence-electron chi connectivity index (χ2n) is 9.82. The van der Waals surface area contributed by atoms with Gasteiger partial charge in [-0.15, -0.1) is 9.42 Å². The minimum atomic E-state index is -4.51. The minimum absolute atomic E-state index is 0.00874. The van der Waals surface area contributed by atoms with Crippen molar-refractivity contribution in [1.82, 2.24) is 39.0 Å². The summed E-state index contributed by atoms with van der Waals surface area (Å²) in [6, 6.07) is 0. The molecule has 4 aromatic rings. The van der Waals surface area contributed by atoms with E-state index in [1.165, 1.54) is 28.1 Å². The largest absolute Gasteiger partial charge is 0.695 e. The number of rotatable bonds is 10. The number of hydrogen-bond donors (Lipinski definition) is 6. The molecule has 2 fully saturated rings. The van der Waals surface area contributed by atoms with Gasteiger partial charge in [0.15, 0.2) is 41.2 Å². The van der Waals surface area contributed by atoms with Crippen LogP contribution in [0, 0.1) is 0 Å². The quantitative estimate of drug-likeness (QED) is 0.114. The summed E-state index contributed by atoms with van der Waals surface area (Å²) in [4.78, 5) is 55.1. The molecule has 0 aromatic carbocycles. The Bertz CT molecular complexity index is 1770. The fourth-order valence-corrected chi connectivity index (χ4v) is 7.37. The second-order valence-corrected chi connectivity index (χ2v) is 12.6. The van der Waals surface area contributed by atoms with E-state index in [1.54, 1.807) is 0 Å². The molecule has 0 spiro atoms. The molecule has 2 unspecified atom stereocenters. The van der Waals surface area contributed by atoms with Crippen molar-refractivity contribution >= 4 is 44.0 Å². The summed E-state index contributed by atoms with van der Waals surface area (Å²) in [5.74, 6) is 0.0926. The third-order valence-electron chi connectivity index (χ3n) is 7.29. The van der Waals surface area contributed by atoms with Crippen molar-refractivity contribution in [3.63, 3.8) is 0 Å². The van der Waals surface area contributed by atoms with E-state index in [9.17, 15) is 33.9 Å². The first-order valence-corrected chi connectivity index (χ1v) is 15.6. The zero-order valence-electron chi connectivity index (χ0n) is 21.9. The Hall–Kier alpha value is -3.29. The Labute approximate surface area is 240 Å². The number of anilines is 1. The Morgan fingerprint density at radius 2 is 1.84 bits per heavy atom. The molecule has 0 bridgehead atoms. The van der Waals surface area contributed by atoms with Crippen LogP contribution in [0.4, 0.5) is 5.82 Å². The van der Waals surface area contributed by atoms with Crippen LogP contribution in [0.2, 0.25) is 0 Å². The summed E-state index contributed by atoms with van der Waals surface area (Å²) in [7, 11) is -7.67. The number of aliphatic hydroxyl groups excluding tert-OH is 2. The monoisotopic (exact) mass is 642 g/mol. The molecular formula is C21H26N9O11P2+. The lowest BCUT2D eigenvalue weighted by molar-refractivity contribution is -0.0401. The molecule has 0 saturated carbocycles. The number of imidazole rings is 2. The average Bonchev–Trinajstić information content (AvgIpc) is 3.75. The highest BCUT2D eigenvalue weighted by molar-refractivity contribution is 7.53. The summed E-state index contributed by atoms with van der Waals surface area (Å²) >= 11 is 0. The molecule has 0 amide bonds. The number of ether oxygens (including phenoxy) is 2.